The summed E-state index contributed by atoms with van der Waals surface area (Å²) in [6, 6.07) is -0.218. The van der Waals surface area contributed by atoms with Gasteiger partial charge in [-0.05, 0) is 6.92 Å². The van der Waals surface area contributed by atoms with Gasteiger partial charge in [-0.2, -0.15) is 5.10 Å². The molecule has 0 bridgehead atoms. The molecule has 1 aromatic rings. The van der Waals surface area contributed by atoms with Crippen LogP contribution in [0.15, 0.2) is 0 Å². The van der Waals surface area contributed by atoms with Gasteiger partial charge in [0.15, 0.2) is 0 Å². The Bertz CT molecular complexity index is 760. The van der Waals surface area contributed by atoms with Crippen molar-refractivity contribution in [3.8, 4) is 0 Å². The maximum absolute atomic E-state index is 12.9. The molecule has 0 saturated carbocycles. The van der Waals surface area contributed by atoms with Crippen molar-refractivity contribution in [2.24, 2.45) is 5.92 Å². The molecule has 2 aliphatic heterocycles. The molecule has 1 N–H and O–H groups in total. The molecule has 1 aromatic heterocycles. The van der Waals surface area contributed by atoms with Crippen LogP contribution >= 0.6 is 0 Å². The van der Waals surface area contributed by atoms with Crippen LogP contribution in [0.1, 0.15) is 28.7 Å². The number of rotatable bonds is 2. The van der Waals surface area contributed by atoms with E-state index >= 15 is 0 Å². The van der Waals surface area contributed by atoms with Gasteiger partial charge in [0.05, 0.1) is 31.8 Å². The summed E-state index contributed by atoms with van der Waals surface area (Å²) in [4.78, 5) is 44.6. The van der Waals surface area contributed by atoms with Crippen LogP contribution < -0.4 is 0 Å². The number of hydroxylamine groups is 2. The first-order valence-corrected chi connectivity index (χ1v) is 8.39. The molecule has 10 nitrogen and oxygen atoms in total. The van der Waals surface area contributed by atoms with Crippen molar-refractivity contribution >= 4 is 17.9 Å². The van der Waals surface area contributed by atoms with E-state index in [4.69, 9.17) is 4.84 Å². The predicted octanol–water partition coefficient (Wildman–Crippen LogP) is 0.0293. The molecule has 0 radical (unpaired) electrons. The second kappa shape index (κ2) is 6.60. The van der Waals surface area contributed by atoms with E-state index in [1.807, 2.05) is 6.92 Å². The second-order valence-corrected chi connectivity index (χ2v) is 6.82. The van der Waals surface area contributed by atoms with Gasteiger partial charge in [0.25, 0.3) is 11.8 Å². The molecule has 142 valence electrons. The summed E-state index contributed by atoms with van der Waals surface area (Å²) in [5, 5.41) is 15.1. The fourth-order valence-electron chi connectivity index (χ4n) is 3.59. The lowest BCUT2D eigenvalue weighted by Gasteiger charge is -2.30. The van der Waals surface area contributed by atoms with Gasteiger partial charge < -0.3 is 14.9 Å². The second-order valence-electron chi connectivity index (χ2n) is 6.82. The van der Waals surface area contributed by atoms with E-state index in [0.29, 0.717) is 17.7 Å². The Morgan fingerprint density at radius 1 is 1.35 bits per heavy atom. The highest BCUT2D eigenvalue weighted by molar-refractivity contribution is 5.95. The van der Waals surface area contributed by atoms with Gasteiger partial charge in [-0.25, -0.2) is 9.86 Å². The molecule has 3 heterocycles. The van der Waals surface area contributed by atoms with Gasteiger partial charge in [0.2, 0.25) is 0 Å². The van der Waals surface area contributed by atoms with Gasteiger partial charge in [0.1, 0.15) is 5.69 Å². The Hall–Kier alpha value is -2.62. The summed E-state index contributed by atoms with van der Waals surface area (Å²) in [7, 11) is 4.56. The maximum atomic E-state index is 12.9. The number of hydrogen-bond donors (Lipinski definition) is 1. The number of aromatic nitrogens is 2. The van der Waals surface area contributed by atoms with Gasteiger partial charge in [-0.1, -0.05) is 0 Å². The monoisotopic (exact) mass is 365 g/mol. The summed E-state index contributed by atoms with van der Waals surface area (Å²) in [6.07, 6.45) is -0.581. The number of carbonyl (C=O) groups excluding carboxylic acids is 2. The predicted molar refractivity (Wildman–Crippen MR) is 89.2 cm³/mol. The SMILES string of the molecule is CON(C)C(=O)C1CN(C)C(=O)c2c3c(nn2C1)CC(C)N(C(=O)O)C3. The van der Waals surface area contributed by atoms with Crippen molar-refractivity contribution in [2.75, 3.05) is 27.7 Å². The van der Waals surface area contributed by atoms with E-state index in [-0.39, 0.29) is 37.5 Å². The number of carbonyl (C=O) groups is 3. The fourth-order valence-corrected chi connectivity index (χ4v) is 3.59. The van der Waals surface area contributed by atoms with Crippen LogP contribution in [0.2, 0.25) is 0 Å². The molecule has 2 aliphatic rings. The first-order chi connectivity index (χ1) is 12.2. The topological polar surface area (TPSA) is 108 Å². The van der Waals surface area contributed by atoms with Crippen LogP contribution in [0.25, 0.3) is 0 Å². The Balaban J connectivity index is 2.00. The van der Waals surface area contributed by atoms with Gasteiger partial charge >= 0.3 is 6.09 Å². The normalized spacial score (nSPS) is 22.5. The van der Waals surface area contributed by atoms with E-state index in [1.54, 1.807) is 11.7 Å². The highest BCUT2D eigenvalue weighted by Crippen LogP contribution is 2.29. The Morgan fingerprint density at radius 2 is 2.04 bits per heavy atom. The number of hydrogen-bond acceptors (Lipinski definition) is 5. The van der Waals surface area contributed by atoms with Crippen molar-refractivity contribution in [2.45, 2.75) is 32.5 Å². The van der Waals surface area contributed by atoms with Crippen molar-refractivity contribution < 1.29 is 24.3 Å². The lowest BCUT2D eigenvalue weighted by molar-refractivity contribution is -0.174. The molecule has 2 atom stereocenters. The zero-order valence-electron chi connectivity index (χ0n) is 15.3. The van der Waals surface area contributed by atoms with Crippen molar-refractivity contribution in [1.29, 1.82) is 0 Å². The Labute approximate surface area is 150 Å². The number of amides is 3. The van der Waals surface area contributed by atoms with Crippen molar-refractivity contribution in [3.05, 3.63) is 17.0 Å². The van der Waals surface area contributed by atoms with Gasteiger partial charge in [0, 0.05) is 38.7 Å². The summed E-state index contributed by atoms with van der Waals surface area (Å²) in [5.74, 6) is -0.993. The third kappa shape index (κ3) is 2.90. The van der Waals surface area contributed by atoms with E-state index in [1.165, 1.54) is 24.0 Å². The molecule has 0 aromatic carbocycles. The van der Waals surface area contributed by atoms with Crippen molar-refractivity contribution in [3.63, 3.8) is 0 Å². The van der Waals surface area contributed by atoms with Gasteiger partial charge in [-0.15, -0.1) is 0 Å². The highest BCUT2D eigenvalue weighted by Gasteiger charge is 2.38. The third-order valence-corrected chi connectivity index (χ3v) is 5.10. The molecular weight excluding hydrogens is 342 g/mol. The van der Waals surface area contributed by atoms with Crippen LogP contribution in [0, 0.1) is 5.92 Å². The summed E-state index contributed by atoms with van der Waals surface area (Å²) < 4.78 is 1.56. The molecule has 3 amide bonds. The standard InChI is InChI=1S/C16H23N5O5/c1-9-5-12-11(8-20(9)16(24)25)13-15(23)18(2)6-10(7-21(13)17-12)14(22)19(3)26-4/h9-10H,5-8H2,1-4H3,(H,24,25). The molecule has 10 heteroatoms. The van der Waals surface area contributed by atoms with Crippen LogP contribution in [-0.2, 0) is 29.1 Å². The Morgan fingerprint density at radius 3 is 2.65 bits per heavy atom. The highest BCUT2D eigenvalue weighted by atomic mass is 16.7. The number of carboxylic acid groups (broad SMARTS) is 1. The van der Waals surface area contributed by atoms with E-state index < -0.39 is 12.0 Å². The largest absolute Gasteiger partial charge is 0.465 e. The summed E-state index contributed by atoms with van der Waals surface area (Å²) in [6.45, 7) is 2.42. The van der Waals surface area contributed by atoms with E-state index in [2.05, 4.69) is 5.10 Å². The van der Waals surface area contributed by atoms with Crippen LogP contribution in [0.4, 0.5) is 4.79 Å². The Kier molecular flexibility index (Phi) is 4.61. The number of fused-ring (bicyclic) bond motifs is 3. The van der Waals surface area contributed by atoms with Gasteiger partial charge in [-0.3, -0.25) is 19.1 Å². The maximum Gasteiger partial charge on any atom is 0.407 e. The van der Waals surface area contributed by atoms with E-state index in [0.717, 1.165) is 10.8 Å². The molecule has 0 saturated heterocycles. The van der Waals surface area contributed by atoms with E-state index in [9.17, 15) is 19.5 Å². The molecule has 26 heavy (non-hydrogen) atoms. The number of nitrogens with zero attached hydrogens (tertiary/aromatic N) is 5. The zero-order chi connectivity index (χ0) is 19.2. The fraction of sp³-hybridized carbons (Fsp3) is 0.625. The quantitative estimate of drug-likeness (QED) is 0.741. The van der Waals surface area contributed by atoms with Crippen molar-refractivity contribution in [1.82, 2.24) is 24.6 Å². The molecular formula is C16H23N5O5. The summed E-state index contributed by atoms with van der Waals surface area (Å²) in [5.41, 5.74) is 1.73. The molecule has 2 unspecified atom stereocenters. The smallest absolute Gasteiger partial charge is 0.407 e. The molecule has 0 spiro atoms. The van der Waals surface area contributed by atoms with Crippen LogP contribution in [-0.4, -0.2) is 81.4 Å². The average molecular weight is 365 g/mol. The third-order valence-electron chi connectivity index (χ3n) is 5.10. The molecule has 0 aliphatic carbocycles. The first-order valence-electron chi connectivity index (χ1n) is 8.39. The van der Waals surface area contributed by atoms with Crippen LogP contribution in [0.5, 0.6) is 0 Å². The molecule has 3 rings (SSSR count). The first kappa shape index (κ1) is 18.2. The molecule has 0 fully saturated rings. The van der Waals surface area contributed by atoms with Crippen LogP contribution in [0.3, 0.4) is 0 Å². The zero-order valence-corrected chi connectivity index (χ0v) is 15.3. The lowest BCUT2D eigenvalue weighted by Crippen LogP contribution is -2.42. The summed E-state index contributed by atoms with van der Waals surface area (Å²) >= 11 is 0. The minimum absolute atomic E-state index is 0.122. The average Bonchev–Trinajstić information content (AvgIpc) is 2.88. The lowest BCUT2D eigenvalue weighted by atomic mass is 10.00. The minimum atomic E-state index is -1.02. The minimum Gasteiger partial charge on any atom is -0.465 e.